The Morgan fingerprint density at radius 2 is 0.676 bits per heavy atom. The maximum absolute atomic E-state index is 7.25. The number of nitroso groups, excluding NO2 is 1. The number of benzene rings is 4. The third-order valence-corrected chi connectivity index (χ3v) is 6.89. The van der Waals surface area contributed by atoms with Crippen molar-refractivity contribution in [3.63, 3.8) is 0 Å². The van der Waals surface area contributed by atoms with Crippen molar-refractivity contribution in [2.75, 3.05) is 0 Å². The fraction of sp³-hybridized carbons (Fsp3) is 0. The van der Waals surface area contributed by atoms with E-state index in [0.29, 0.717) is 0 Å². The first-order valence-corrected chi connectivity index (χ1v) is 11.9. The van der Waals surface area contributed by atoms with E-state index in [1.165, 1.54) is 15.9 Å². The van der Waals surface area contributed by atoms with Crippen LogP contribution < -0.4 is 15.9 Å². The van der Waals surface area contributed by atoms with Crippen LogP contribution in [-0.2, 0) is 20.4 Å². The second kappa shape index (κ2) is 18.8. The maximum Gasteiger partial charge on any atom is 0 e. The van der Waals surface area contributed by atoms with Gasteiger partial charge in [0.05, 0.1) is 0 Å². The minimum absolute atomic E-state index is 0. The Balaban J connectivity index is 0.000000317. The number of hydrogen-bond acceptors (Lipinski definition) is 1. The smallest absolute Gasteiger partial charge is 0 e. The molecule has 0 heterocycles. The minimum Gasteiger partial charge on any atom is -0.577 e. The molecule has 0 unspecified atom stereocenters. The van der Waals surface area contributed by atoms with Crippen molar-refractivity contribution in [3.05, 3.63) is 176 Å². The van der Waals surface area contributed by atoms with Crippen LogP contribution in [0.2, 0.25) is 0 Å². The molecular formula is C30H27NOPRe-2. The van der Waals surface area contributed by atoms with Crippen LogP contribution in [0.3, 0.4) is 0 Å². The summed E-state index contributed by atoms with van der Waals surface area (Å²) < 4.78 is 0. The topological polar surface area (TPSA) is 39.4 Å². The molecule has 4 aromatic rings. The van der Waals surface area contributed by atoms with Crippen LogP contribution in [0, 0.1) is 43.9 Å². The Morgan fingerprint density at radius 1 is 0.441 bits per heavy atom. The van der Waals surface area contributed by atoms with Crippen LogP contribution >= 0.6 is 7.92 Å². The van der Waals surface area contributed by atoms with Gasteiger partial charge in [0.15, 0.2) is 0 Å². The van der Waals surface area contributed by atoms with Gasteiger partial charge in [-0.3, -0.25) is 0 Å². The molecule has 1 fully saturated rings. The maximum atomic E-state index is 7.25. The molecule has 6 radical (unpaired) electrons. The Labute approximate surface area is 220 Å². The zero-order chi connectivity index (χ0) is 23.6. The molecule has 0 aliphatic heterocycles. The van der Waals surface area contributed by atoms with E-state index in [2.05, 4.69) is 97.9 Å². The fourth-order valence-corrected chi connectivity index (χ4v) is 5.28. The van der Waals surface area contributed by atoms with E-state index in [9.17, 15) is 0 Å². The molecular weight excluding hydrogens is 608 g/mol. The molecule has 2 nitrogen and oxygen atoms in total. The average Bonchev–Trinajstić information content (AvgIpc) is 3.49. The number of rotatable bonds is 3. The molecule has 0 saturated heterocycles. The van der Waals surface area contributed by atoms with Gasteiger partial charge < -0.3 is 10.5 Å². The monoisotopic (exact) mass is 635 g/mol. The van der Waals surface area contributed by atoms with Crippen LogP contribution in [0.1, 0.15) is 5.56 Å². The van der Waals surface area contributed by atoms with Gasteiger partial charge in [0.1, 0.15) is 0 Å². The van der Waals surface area contributed by atoms with Crippen molar-refractivity contribution in [2.45, 2.75) is 0 Å². The standard InChI is InChI=1S/C18H15P.C7H7.C5H5.NO.Re/c1-4-10-16(11-5-1)19(17-12-6-2-7-13-17)18-14-8-3-9-15-18;1-7-5-3-2-4-6-7;1-2-4-5-3-1;1-2;/h1-15H;2-6H,1H2;1-5H;;/q;-1;;-1;. The van der Waals surface area contributed by atoms with Gasteiger partial charge in [-0.05, 0) is 55.9 Å². The molecule has 4 heteroatoms. The van der Waals surface area contributed by atoms with Gasteiger partial charge in [0.25, 0.3) is 0 Å². The third-order valence-electron chi connectivity index (χ3n) is 4.44. The summed E-state index contributed by atoms with van der Waals surface area (Å²) in [6.07, 6.45) is 10.0. The predicted octanol–water partition coefficient (Wildman–Crippen LogP) is 6.65. The van der Waals surface area contributed by atoms with E-state index in [4.69, 9.17) is 10.5 Å². The average molecular weight is 635 g/mol. The summed E-state index contributed by atoms with van der Waals surface area (Å²) in [5, 5.41) is 4.19. The van der Waals surface area contributed by atoms with Crippen molar-refractivity contribution >= 4 is 23.8 Å². The van der Waals surface area contributed by atoms with E-state index in [1.54, 1.807) is 0 Å². The van der Waals surface area contributed by atoms with Crippen molar-refractivity contribution in [1.82, 2.24) is 0 Å². The Hall–Kier alpha value is -2.56. The van der Waals surface area contributed by atoms with Crippen LogP contribution in [0.4, 0.5) is 0 Å². The first-order chi connectivity index (χ1) is 16.3. The van der Waals surface area contributed by atoms with Crippen molar-refractivity contribution in [3.8, 4) is 0 Å². The molecule has 0 amide bonds. The van der Waals surface area contributed by atoms with E-state index in [1.807, 2.05) is 62.4 Å². The third kappa shape index (κ3) is 11.0. The Morgan fingerprint density at radius 3 is 0.882 bits per heavy atom. The quantitative estimate of drug-likeness (QED) is 0.184. The molecule has 0 N–H and O–H groups in total. The minimum atomic E-state index is -0.446. The second-order valence-corrected chi connectivity index (χ2v) is 9.01. The van der Waals surface area contributed by atoms with Crippen molar-refractivity contribution in [2.24, 2.45) is 0 Å². The molecule has 0 bridgehead atoms. The summed E-state index contributed by atoms with van der Waals surface area (Å²) in [5.41, 5.74) is 6.82. The number of hydrogen-bond donors (Lipinski definition) is 0. The van der Waals surface area contributed by atoms with Gasteiger partial charge in [-0.15, -0.1) is 12.1 Å². The predicted molar refractivity (Wildman–Crippen MR) is 144 cm³/mol. The fourth-order valence-electron chi connectivity index (χ4n) is 2.98. The van der Waals surface area contributed by atoms with Crippen molar-refractivity contribution in [1.29, 1.82) is 0 Å². The molecule has 34 heavy (non-hydrogen) atoms. The van der Waals surface area contributed by atoms with Gasteiger partial charge in [-0.1, -0.05) is 97.1 Å². The molecule has 0 spiro atoms. The zero-order valence-electron chi connectivity index (χ0n) is 18.8. The Kier molecular flexibility index (Phi) is 16.3. The molecule has 4 aromatic carbocycles. The van der Waals surface area contributed by atoms with Gasteiger partial charge in [-0.25, -0.2) is 0 Å². The summed E-state index contributed by atoms with van der Waals surface area (Å²) in [4.78, 5) is 7.25. The summed E-state index contributed by atoms with van der Waals surface area (Å²) >= 11 is 0. The van der Waals surface area contributed by atoms with Gasteiger partial charge in [0.2, 0.25) is 0 Å². The molecule has 172 valence electrons. The van der Waals surface area contributed by atoms with Crippen LogP contribution in [0.15, 0.2) is 121 Å². The van der Waals surface area contributed by atoms with Gasteiger partial charge in [0, 0.05) is 20.4 Å². The van der Waals surface area contributed by atoms with Crippen molar-refractivity contribution < 1.29 is 20.4 Å². The van der Waals surface area contributed by atoms with E-state index in [0.717, 1.165) is 5.56 Å². The Bertz CT molecular complexity index is 880. The largest absolute Gasteiger partial charge is 0.577 e. The zero-order valence-corrected chi connectivity index (χ0v) is 22.4. The first-order valence-electron chi connectivity index (χ1n) is 10.5. The van der Waals surface area contributed by atoms with Crippen LogP contribution in [0.25, 0.3) is 5.59 Å². The van der Waals surface area contributed by atoms with E-state index < -0.39 is 7.92 Å². The second-order valence-electron chi connectivity index (χ2n) is 6.79. The molecule has 0 aromatic heterocycles. The molecule has 1 aliphatic carbocycles. The van der Waals surface area contributed by atoms with Crippen LogP contribution in [-0.4, -0.2) is 0 Å². The van der Waals surface area contributed by atoms with E-state index >= 15 is 0 Å². The summed E-state index contributed by atoms with van der Waals surface area (Å²) in [7, 11) is -0.446. The molecule has 1 saturated carbocycles. The SMILES string of the molecule is [CH2-]c1ccccc1.[CH]1[CH][CH][CH][CH]1.[N-]=O.[Re].c1ccc(P(c2ccccc2)c2ccccc2)cc1. The molecule has 1 aliphatic rings. The van der Waals surface area contributed by atoms with Gasteiger partial charge >= 0.3 is 0 Å². The number of nitrogens with zero attached hydrogens (tertiary/aromatic N) is 1. The summed E-state index contributed by atoms with van der Waals surface area (Å²) in [5.74, 6) is 0. The van der Waals surface area contributed by atoms with Crippen LogP contribution in [0.5, 0.6) is 0 Å². The normalized spacial score (nSPS) is 11.3. The summed E-state index contributed by atoms with van der Waals surface area (Å²) in [6.45, 7) is 3.72. The van der Waals surface area contributed by atoms with E-state index in [-0.39, 0.29) is 20.4 Å². The molecule has 0 atom stereocenters. The summed E-state index contributed by atoms with van der Waals surface area (Å²) in [6, 6.07) is 42.2. The first kappa shape index (κ1) is 29.5. The molecule has 5 rings (SSSR count). The van der Waals surface area contributed by atoms with Gasteiger partial charge in [-0.2, -0.15) is 24.6 Å².